The minimum absolute atomic E-state index is 0.313. The van der Waals surface area contributed by atoms with Gasteiger partial charge in [0.2, 0.25) is 5.95 Å². The summed E-state index contributed by atoms with van der Waals surface area (Å²) in [6.45, 7) is 4.28. The zero-order valence-electron chi connectivity index (χ0n) is 15.7. The minimum Gasteiger partial charge on any atom is -0.493 e. The number of anilines is 1. The number of amides is 1. The Balaban J connectivity index is 1.71. The summed E-state index contributed by atoms with van der Waals surface area (Å²) < 4.78 is 24.6. The van der Waals surface area contributed by atoms with Gasteiger partial charge in [-0.2, -0.15) is 4.39 Å². The molecular formula is C22H21FN2O3. The second-order valence-corrected chi connectivity index (χ2v) is 6.17. The Morgan fingerprint density at radius 1 is 1.04 bits per heavy atom. The largest absolute Gasteiger partial charge is 0.493 e. The molecule has 0 atom stereocenters. The minimum atomic E-state index is -0.616. The maximum atomic E-state index is 13.1. The molecule has 5 nitrogen and oxygen atoms in total. The Morgan fingerprint density at radius 2 is 1.75 bits per heavy atom. The monoisotopic (exact) mass is 380 g/mol. The summed E-state index contributed by atoms with van der Waals surface area (Å²) in [5.74, 6) is 0.963. The van der Waals surface area contributed by atoms with Crippen LogP contribution in [0.1, 0.15) is 29.4 Å². The molecule has 0 fully saturated rings. The molecule has 1 heterocycles. The summed E-state index contributed by atoms with van der Waals surface area (Å²) >= 11 is 0. The van der Waals surface area contributed by atoms with Crippen molar-refractivity contribution in [3.05, 3.63) is 77.9 Å². The van der Waals surface area contributed by atoms with Crippen LogP contribution in [-0.4, -0.2) is 17.5 Å². The third-order valence-corrected chi connectivity index (χ3v) is 3.90. The van der Waals surface area contributed by atoms with E-state index in [1.165, 1.54) is 6.07 Å². The molecule has 0 unspecified atom stereocenters. The van der Waals surface area contributed by atoms with Gasteiger partial charge in [-0.3, -0.25) is 4.79 Å². The first-order valence-electron chi connectivity index (χ1n) is 9.00. The number of carbonyl (C=O) groups is 1. The second kappa shape index (κ2) is 8.99. The average Bonchev–Trinajstić information content (AvgIpc) is 2.67. The summed E-state index contributed by atoms with van der Waals surface area (Å²) in [6, 6.07) is 17.0. The molecule has 6 heteroatoms. The Bertz CT molecular complexity index is 976. The summed E-state index contributed by atoms with van der Waals surface area (Å²) in [6.07, 6.45) is 0.926. The van der Waals surface area contributed by atoms with E-state index in [4.69, 9.17) is 9.47 Å². The molecule has 0 aliphatic heterocycles. The predicted octanol–water partition coefficient (Wildman–Crippen LogP) is 5.36. The molecule has 0 saturated carbocycles. The first-order chi connectivity index (χ1) is 13.5. The second-order valence-electron chi connectivity index (χ2n) is 6.17. The fourth-order valence-corrected chi connectivity index (χ4v) is 2.59. The van der Waals surface area contributed by atoms with Crippen LogP contribution in [0.15, 0.2) is 60.7 Å². The maximum Gasteiger partial charge on any atom is 0.257 e. The number of aryl methyl sites for hydroxylation is 1. The number of rotatable bonds is 7. The van der Waals surface area contributed by atoms with Crippen molar-refractivity contribution in [2.75, 3.05) is 11.9 Å². The summed E-state index contributed by atoms with van der Waals surface area (Å²) in [4.78, 5) is 16.1. The number of carbonyl (C=O) groups excluding carboxylic acids is 1. The van der Waals surface area contributed by atoms with Crippen molar-refractivity contribution in [2.24, 2.45) is 0 Å². The molecule has 0 aliphatic rings. The van der Waals surface area contributed by atoms with Crippen LogP contribution < -0.4 is 14.8 Å². The molecule has 0 radical (unpaired) electrons. The van der Waals surface area contributed by atoms with Gasteiger partial charge in [-0.1, -0.05) is 19.1 Å². The van der Waals surface area contributed by atoms with Gasteiger partial charge in [0.1, 0.15) is 17.2 Å². The van der Waals surface area contributed by atoms with E-state index in [1.54, 1.807) is 31.2 Å². The van der Waals surface area contributed by atoms with Gasteiger partial charge in [-0.05, 0) is 49.7 Å². The van der Waals surface area contributed by atoms with Crippen molar-refractivity contribution >= 4 is 11.6 Å². The number of hydrogen-bond acceptors (Lipinski definition) is 4. The lowest BCUT2D eigenvalue weighted by Crippen LogP contribution is -2.14. The normalized spacial score (nSPS) is 10.4. The van der Waals surface area contributed by atoms with Crippen molar-refractivity contribution < 1.29 is 18.7 Å². The van der Waals surface area contributed by atoms with E-state index in [2.05, 4.69) is 10.3 Å². The number of pyridine rings is 1. The molecule has 3 aromatic rings. The number of nitrogens with one attached hydrogen (secondary N) is 1. The highest BCUT2D eigenvalue weighted by molar-refractivity contribution is 6.05. The predicted molar refractivity (Wildman–Crippen MR) is 106 cm³/mol. The standard InChI is InChI=1S/C22H21FN2O3/c1-3-12-27-17-7-5-9-19(14-17)28-18-8-4-6-16(13-18)25-22(26)20-10-11-21(23)24-15(20)2/h4-11,13-14H,3,12H2,1-2H3,(H,25,26). The number of hydrogen-bond donors (Lipinski definition) is 1. The molecule has 2 aromatic carbocycles. The number of halogens is 1. The van der Waals surface area contributed by atoms with E-state index in [9.17, 15) is 9.18 Å². The van der Waals surface area contributed by atoms with Crippen LogP contribution in [0.25, 0.3) is 0 Å². The van der Waals surface area contributed by atoms with E-state index < -0.39 is 5.95 Å². The van der Waals surface area contributed by atoms with Crippen molar-refractivity contribution in [1.82, 2.24) is 4.98 Å². The number of aromatic nitrogens is 1. The molecule has 1 amide bonds. The van der Waals surface area contributed by atoms with Gasteiger partial charge < -0.3 is 14.8 Å². The van der Waals surface area contributed by atoms with Crippen LogP contribution in [0.4, 0.5) is 10.1 Å². The van der Waals surface area contributed by atoms with Crippen LogP contribution in [0, 0.1) is 12.9 Å². The van der Waals surface area contributed by atoms with Gasteiger partial charge in [0.25, 0.3) is 5.91 Å². The van der Waals surface area contributed by atoms with Gasteiger partial charge in [0.15, 0.2) is 0 Å². The smallest absolute Gasteiger partial charge is 0.257 e. The number of ether oxygens (including phenoxy) is 2. The van der Waals surface area contributed by atoms with Gasteiger partial charge in [0.05, 0.1) is 17.9 Å². The Kier molecular flexibility index (Phi) is 6.22. The molecule has 0 aliphatic carbocycles. The molecule has 28 heavy (non-hydrogen) atoms. The summed E-state index contributed by atoms with van der Waals surface area (Å²) in [5, 5.41) is 2.78. The molecule has 0 spiro atoms. The Labute approximate surface area is 163 Å². The zero-order valence-corrected chi connectivity index (χ0v) is 15.7. The third kappa shape index (κ3) is 5.07. The highest BCUT2D eigenvalue weighted by atomic mass is 19.1. The lowest BCUT2D eigenvalue weighted by Gasteiger charge is -2.11. The summed E-state index contributed by atoms with van der Waals surface area (Å²) in [7, 11) is 0. The topological polar surface area (TPSA) is 60.5 Å². The van der Waals surface area contributed by atoms with Crippen molar-refractivity contribution in [2.45, 2.75) is 20.3 Å². The van der Waals surface area contributed by atoms with Gasteiger partial charge in [-0.15, -0.1) is 0 Å². The van der Waals surface area contributed by atoms with E-state index in [-0.39, 0.29) is 5.91 Å². The Morgan fingerprint density at radius 3 is 2.50 bits per heavy atom. The van der Waals surface area contributed by atoms with E-state index >= 15 is 0 Å². The quantitative estimate of drug-likeness (QED) is 0.560. The summed E-state index contributed by atoms with van der Waals surface area (Å²) in [5.41, 5.74) is 1.20. The molecule has 1 N–H and O–H groups in total. The highest BCUT2D eigenvalue weighted by Gasteiger charge is 2.11. The maximum absolute atomic E-state index is 13.1. The molecule has 0 saturated heterocycles. The third-order valence-electron chi connectivity index (χ3n) is 3.90. The number of benzene rings is 2. The van der Waals surface area contributed by atoms with Crippen LogP contribution in [-0.2, 0) is 0 Å². The highest BCUT2D eigenvalue weighted by Crippen LogP contribution is 2.27. The van der Waals surface area contributed by atoms with Crippen molar-refractivity contribution in [1.29, 1.82) is 0 Å². The van der Waals surface area contributed by atoms with E-state index in [0.717, 1.165) is 18.2 Å². The van der Waals surface area contributed by atoms with Gasteiger partial charge in [-0.25, -0.2) is 4.98 Å². The Hall–Kier alpha value is -3.41. The van der Waals surface area contributed by atoms with E-state index in [0.29, 0.717) is 35.1 Å². The molecule has 144 valence electrons. The molecule has 1 aromatic heterocycles. The van der Waals surface area contributed by atoms with Crippen LogP contribution in [0.2, 0.25) is 0 Å². The lowest BCUT2D eigenvalue weighted by molar-refractivity contribution is 0.102. The molecule has 3 rings (SSSR count). The number of nitrogens with zero attached hydrogens (tertiary/aromatic N) is 1. The lowest BCUT2D eigenvalue weighted by atomic mass is 10.2. The van der Waals surface area contributed by atoms with Crippen LogP contribution in [0.5, 0.6) is 17.2 Å². The van der Waals surface area contributed by atoms with Crippen LogP contribution in [0.3, 0.4) is 0 Å². The van der Waals surface area contributed by atoms with Gasteiger partial charge in [0, 0.05) is 17.8 Å². The fourth-order valence-electron chi connectivity index (χ4n) is 2.59. The SMILES string of the molecule is CCCOc1cccc(Oc2cccc(NC(=O)c3ccc(F)nc3C)c2)c1. The van der Waals surface area contributed by atoms with Crippen LogP contribution >= 0.6 is 0 Å². The molecule has 0 bridgehead atoms. The van der Waals surface area contributed by atoms with Crippen molar-refractivity contribution in [3.63, 3.8) is 0 Å². The van der Waals surface area contributed by atoms with Crippen molar-refractivity contribution in [3.8, 4) is 17.2 Å². The van der Waals surface area contributed by atoms with Gasteiger partial charge >= 0.3 is 0 Å². The zero-order chi connectivity index (χ0) is 19.9. The molecular weight excluding hydrogens is 359 g/mol. The van der Waals surface area contributed by atoms with E-state index in [1.807, 2.05) is 31.2 Å². The fraction of sp³-hybridized carbons (Fsp3) is 0.182. The first-order valence-corrected chi connectivity index (χ1v) is 9.00. The average molecular weight is 380 g/mol. The first kappa shape index (κ1) is 19.4.